The van der Waals surface area contributed by atoms with Crippen molar-refractivity contribution in [2.45, 2.75) is 25.3 Å². The molecule has 0 radical (unpaired) electrons. The van der Waals surface area contributed by atoms with Gasteiger partial charge >= 0.3 is 0 Å². The number of nitro benzene ring substituents is 1. The van der Waals surface area contributed by atoms with E-state index in [1.165, 1.54) is 38.4 Å². The van der Waals surface area contributed by atoms with E-state index in [1.807, 2.05) is 6.07 Å². The molecule has 1 unspecified atom stereocenters. The fourth-order valence-corrected chi connectivity index (χ4v) is 2.79. The number of nitrogens with one attached hydrogen (secondary N) is 1. The lowest BCUT2D eigenvalue weighted by atomic mass is 10.1. The molecule has 0 spiro atoms. The predicted octanol–water partition coefficient (Wildman–Crippen LogP) is 2.49. The molecular formula is C14H19N3O2. The highest BCUT2D eigenvalue weighted by atomic mass is 16.6. The summed E-state index contributed by atoms with van der Waals surface area (Å²) in [6.07, 6.45) is 3.97. The first-order valence-electron chi connectivity index (χ1n) is 6.95. The van der Waals surface area contributed by atoms with E-state index in [0.29, 0.717) is 5.92 Å². The number of nitro groups is 1. The molecule has 1 aliphatic heterocycles. The molecule has 1 atom stereocenters. The molecule has 2 fully saturated rings. The zero-order valence-electron chi connectivity index (χ0n) is 10.9. The molecule has 5 nitrogen and oxygen atoms in total. The van der Waals surface area contributed by atoms with E-state index in [1.54, 1.807) is 12.1 Å². The average molecular weight is 261 g/mol. The third kappa shape index (κ3) is 3.04. The first-order valence-corrected chi connectivity index (χ1v) is 6.95. The lowest BCUT2D eigenvalue weighted by molar-refractivity contribution is -0.384. The maximum absolute atomic E-state index is 10.7. The molecule has 1 saturated heterocycles. The molecular weight excluding hydrogens is 242 g/mol. The van der Waals surface area contributed by atoms with Crippen LogP contribution in [0.1, 0.15) is 19.3 Å². The van der Waals surface area contributed by atoms with E-state index in [9.17, 15) is 10.1 Å². The Morgan fingerprint density at radius 3 is 2.95 bits per heavy atom. The van der Waals surface area contributed by atoms with Crippen LogP contribution in [0.4, 0.5) is 11.4 Å². The Morgan fingerprint density at radius 1 is 1.37 bits per heavy atom. The predicted molar refractivity (Wildman–Crippen MR) is 74.3 cm³/mol. The van der Waals surface area contributed by atoms with Crippen molar-refractivity contribution in [3.63, 3.8) is 0 Å². The Labute approximate surface area is 112 Å². The summed E-state index contributed by atoms with van der Waals surface area (Å²) in [7, 11) is 0. The highest BCUT2D eigenvalue weighted by Gasteiger charge is 2.34. The third-order valence-electron chi connectivity index (χ3n) is 4.03. The van der Waals surface area contributed by atoms with Crippen molar-refractivity contribution in [2.75, 3.05) is 25.0 Å². The van der Waals surface area contributed by atoms with Crippen LogP contribution in [-0.4, -0.2) is 35.5 Å². The Hall–Kier alpha value is -1.62. The zero-order valence-corrected chi connectivity index (χ0v) is 10.9. The van der Waals surface area contributed by atoms with Gasteiger partial charge in [-0.15, -0.1) is 0 Å². The van der Waals surface area contributed by atoms with Crippen molar-refractivity contribution in [3.05, 3.63) is 34.4 Å². The minimum atomic E-state index is -0.352. The fourth-order valence-electron chi connectivity index (χ4n) is 2.79. The lowest BCUT2D eigenvalue weighted by Gasteiger charge is -2.15. The van der Waals surface area contributed by atoms with Crippen LogP contribution in [-0.2, 0) is 0 Å². The van der Waals surface area contributed by atoms with Gasteiger partial charge in [0.15, 0.2) is 0 Å². The summed E-state index contributed by atoms with van der Waals surface area (Å²) in [6, 6.07) is 7.60. The van der Waals surface area contributed by atoms with Crippen LogP contribution in [0, 0.1) is 16.0 Å². The van der Waals surface area contributed by atoms with Gasteiger partial charge < -0.3 is 10.2 Å². The summed E-state index contributed by atoms with van der Waals surface area (Å²) in [4.78, 5) is 12.9. The highest BCUT2D eigenvalue weighted by Crippen LogP contribution is 2.31. The topological polar surface area (TPSA) is 58.4 Å². The number of rotatable bonds is 5. The van der Waals surface area contributed by atoms with Crippen LogP contribution < -0.4 is 5.32 Å². The Bertz CT molecular complexity index is 474. The largest absolute Gasteiger partial charge is 0.385 e. The van der Waals surface area contributed by atoms with Crippen molar-refractivity contribution < 1.29 is 4.92 Å². The van der Waals surface area contributed by atoms with Crippen molar-refractivity contribution in [2.24, 2.45) is 5.92 Å². The second-order valence-electron chi connectivity index (χ2n) is 5.57. The average Bonchev–Trinajstić information content (AvgIpc) is 3.16. The summed E-state index contributed by atoms with van der Waals surface area (Å²) in [6.45, 7) is 3.29. The van der Waals surface area contributed by atoms with Gasteiger partial charge in [0.1, 0.15) is 0 Å². The number of likely N-dealkylation sites (tertiary alicyclic amines) is 1. The number of hydrogen-bond donors (Lipinski definition) is 1. The van der Waals surface area contributed by atoms with Gasteiger partial charge in [0.25, 0.3) is 5.69 Å². The summed E-state index contributed by atoms with van der Waals surface area (Å²) < 4.78 is 0. The Kier molecular flexibility index (Phi) is 3.38. The summed E-state index contributed by atoms with van der Waals surface area (Å²) in [5, 5.41) is 14.0. The number of nitrogens with zero attached hydrogens (tertiary/aromatic N) is 2. The van der Waals surface area contributed by atoms with E-state index < -0.39 is 0 Å². The van der Waals surface area contributed by atoms with Gasteiger partial charge in [0.2, 0.25) is 0 Å². The number of non-ortho nitro benzene ring substituents is 1. The number of hydrogen-bond acceptors (Lipinski definition) is 4. The maximum atomic E-state index is 10.7. The van der Waals surface area contributed by atoms with E-state index in [4.69, 9.17) is 0 Å². The molecule has 3 rings (SSSR count). The molecule has 0 bridgehead atoms. The molecule has 1 aromatic carbocycles. The molecule has 1 aliphatic carbocycles. The zero-order chi connectivity index (χ0) is 13.2. The number of anilines is 1. The Morgan fingerprint density at radius 2 is 2.21 bits per heavy atom. The van der Waals surface area contributed by atoms with Crippen LogP contribution >= 0.6 is 0 Å². The smallest absolute Gasteiger partial charge is 0.271 e. The minimum absolute atomic E-state index is 0.149. The van der Waals surface area contributed by atoms with Crippen LogP contribution in [0.15, 0.2) is 24.3 Å². The van der Waals surface area contributed by atoms with E-state index in [2.05, 4.69) is 10.2 Å². The molecule has 0 aromatic heterocycles. The van der Waals surface area contributed by atoms with Gasteiger partial charge in [-0.25, -0.2) is 0 Å². The molecule has 0 amide bonds. The first kappa shape index (κ1) is 12.4. The van der Waals surface area contributed by atoms with Gasteiger partial charge in [-0.3, -0.25) is 10.1 Å². The van der Waals surface area contributed by atoms with E-state index in [-0.39, 0.29) is 10.6 Å². The molecule has 1 saturated carbocycles. The summed E-state index contributed by atoms with van der Waals surface area (Å²) in [5.74, 6) is 0.667. The van der Waals surface area contributed by atoms with Gasteiger partial charge in [0, 0.05) is 37.0 Å². The van der Waals surface area contributed by atoms with E-state index >= 15 is 0 Å². The van der Waals surface area contributed by atoms with Gasteiger partial charge in [-0.2, -0.15) is 0 Å². The lowest BCUT2D eigenvalue weighted by Crippen LogP contribution is -2.24. The molecule has 1 N–H and O–H groups in total. The third-order valence-corrected chi connectivity index (χ3v) is 4.03. The second kappa shape index (κ2) is 5.17. The van der Waals surface area contributed by atoms with Crippen LogP contribution in [0.5, 0.6) is 0 Å². The monoisotopic (exact) mass is 261 g/mol. The van der Waals surface area contributed by atoms with Crippen LogP contribution in [0.25, 0.3) is 0 Å². The Balaban J connectivity index is 1.51. The van der Waals surface area contributed by atoms with Crippen LogP contribution in [0.3, 0.4) is 0 Å². The molecule has 1 aromatic rings. The van der Waals surface area contributed by atoms with Gasteiger partial charge in [-0.1, -0.05) is 6.07 Å². The van der Waals surface area contributed by atoms with Crippen molar-refractivity contribution in [1.29, 1.82) is 0 Å². The second-order valence-corrected chi connectivity index (χ2v) is 5.57. The van der Waals surface area contributed by atoms with Gasteiger partial charge in [-0.05, 0) is 37.8 Å². The van der Waals surface area contributed by atoms with Crippen molar-refractivity contribution in [1.82, 2.24) is 4.90 Å². The normalized spacial score (nSPS) is 23.5. The molecule has 5 heteroatoms. The number of benzene rings is 1. The van der Waals surface area contributed by atoms with E-state index in [0.717, 1.165) is 18.3 Å². The quantitative estimate of drug-likeness (QED) is 0.653. The molecule has 1 heterocycles. The SMILES string of the molecule is O=[N+]([O-])c1cccc(NCC2CCN(C3CC3)C2)c1. The van der Waals surface area contributed by atoms with Crippen molar-refractivity contribution in [3.8, 4) is 0 Å². The standard InChI is InChI=1S/C14H19N3O2/c18-17(19)14-3-1-2-12(8-14)15-9-11-6-7-16(10-11)13-4-5-13/h1-3,8,11,13,15H,4-7,9-10H2. The molecule has 2 aliphatic rings. The molecule has 19 heavy (non-hydrogen) atoms. The van der Waals surface area contributed by atoms with Crippen LogP contribution in [0.2, 0.25) is 0 Å². The minimum Gasteiger partial charge on any atom is -0.385 e. The van der Waals surface area contributed by atoms with Crippen molar-refractivity contribution >= 4 is 11.4 Å². The fraction of sp³-hybridized carbons (Fsp3) is 0.571. The highest BCUT2D eigenvalue weighted by molar-refractivity contribution is 5.50. The maximum Gasteiger partial charge on any atom is 0.271 e. The van der Waals surface area contributed by atoms with Gasteiger partial charge in [0.05, 0.1) is 4.92 Å². The summed E-state index contributed by atoms with van der Waals surface area (Å²) in [5.41, 5.74) is 0.995. The first-order chi connectivity index (χ1) is 9.22. The summed E-state index contributed by atoms with van der Waals surface area (Å²) >= 11 is 0. The molecule has 102 valence electrons.